The van der Waals surface area contributed by atoms with E-state index in [2.05, 4.69) is 16.3 Å². The second kappa shape index (κ2) is 10.1. The zero-order valence-electron chi connectivity index (χ0n) is 17.3. The summed E-state index contributed by atoms with van der Waals surface area (Å²) < 4.78 is 5.40. The van der Waals surface area contributed by atoms with Crippen LogP contribution in [0.25, 0.3) is 0 Å². The minimum atomic E-state index is -0.475. The van der Waals surface area contributed by atoms with Gasteiger partial charge in [-0.2, -0.15) is 11.8 Å². The average Bonchev–Trinajstić information content (AvgIpc) is 2.80. The van der Waals surface area contributed by atoms with E-state index < -0.39 is 4.92 Å². The Labute approximate surface area is 185 Å². The summed E-state index contributed by atoms with van der Waals surface area (Å²) in [7, 11) is 0. The fourth-order valence-corrected chi connectivity index (χ4v) is 4.84. The fraction of sp³-hybridized carbons (Fsp3) is 0.409. The zero-order chi connectivity index (χ0) is 21.6. The Morgan fingerprint density at radius 3 is 2.61 bits per heavy atom. The molecule has 1 N–H and O–H groups in total. The number of morpholine rings is 1. The van der Waals surface area contributed by atoms with Crippen LogP contribution in [0.3, 0.4) is 0 Å². The normalized spacial score (nSPS) is 17.4. The summed E-state index contributed by atoms with van der Waals surface area (Å²) in [6.45, 7) is 5.39. The van der Waals surface area contributed by atoms with Crippen molar-refractivity contribution in [3.8, 4) is 0 Å². The summed E-state index contributed by atoms with van der Waals surface area (Å²) in [4.78, 5) is 28.4. The number of nitrogens with one attached hydrogen (secondary N) is 1. The highest BCUT2D eigenvalue weighted by Crippen LogP contribution is 2.27. The van der Waals surface area contributed by atoms with Gasteiger partial charge in [0.1, 0.15) is 0 Å². The summed E-state index contributed by atoms with van der Waals surface area (Å²) in [6.07, 6.45) is 0. The number of hydrogen-bond acceptors (Lipinski definition) is 7. The molecule has 1 amide bonds. The topological polar surface area (TPSA) is 88.0 Å². The van der Waals surface area contributed by atoms with Gasteiger partial charge in [-0.15, -0.1) is 0 Å². The lowest BCUT2D eigenvalue weighted by Crippen LogP contribution is -2.37. The maximum atomic E-state index is 13.1. The number of carbonyl (C=O) groups excluding carboxylic acids is 1. The molecule has 2 aliphatic heterocycles. The lowest BCUT2D eigenvalue weighted by Gasteiger charge is -2.30. The van der Waals surface area contributed by atoms with Gasteiger partial charge in [0.2, 0.25) is 0 Å². The van der Waals surface area contributed by atoms with Crippen LogP contribution in [0, 0.1) is 10.1 Å². The molecule has 0 aliphatic carbocycles. The molecule has 2 aliphatic rings. The van der Waals surface area contributed by atoms with Crippen LogP contribution in [0.5, 0.6) is 0 Å². The van der Waals surface area contributed by atoms with E-state index in [-0.39, 0.29) is 11.6 Å². The van der Waals surface area contributed by atoms with Gasteiger partial charge in [-0.3, -0.25) is 19.8 Å². The zero-order valence-corrected chi connectivity index (χ0v) is 18.1. The molecule has 0 atom stereocenters. The number of nitro benzene ring substituents is 1. The maximum Gasteiger partial charge on any atom is 0.270 e. The number of thioether (sulfide) groups is 1. The molecule has 2 heterocycles. The van der Waals surface area contributed by atoms with E-state index in [4.69, 9.17) is 4.74 Å². The van der Waals surface area contributed by atoms with E-state index in [1.54, 1.807) is 6.07 Å². The monoisotopic (exact) mass is 442 g/mol. The lowest BCUT2D eigenvalue weighted by atomic mass is 10.1. The molecular formula is C22H26N4O4S. The number of nitrogens with zero attached hydrogens (tertiary/aromatic N) is 3. The molecule has 0 radical (unpaired) electrons. The van der Waals surface area contributed by atoms with Crippen LogP contribution in [0.4, 0.5) is 17.1 Å². The van der Waals surface area contributed by atoms with Crippen molar-refractivity contribution < 1.29 is 14.5 Å². The van der Waals surface area contributed by atoms with Crippen molar-refractivity contribution in [2.75, 3.05) is 61.1 Å². The molecule has 2 saturated heterocycles. The number of benzene rings is 2. The van der Waals surface area contributed by atoms with Crippen molar-refractivity contribution in [2.24, 2.45) is 0 Å². The van der Waals surface area contributed by atoms with Gasteiger partial charge in [-0.05, 0) is 23.8 Å². The highest BCUT2D eigenvalue weighted by molar-refractivity contribution is 7.99. The fourth-order valence-electron chi connectivity index (χ4n) is 3.86. The van der Waals surface area contributed by atoms with Gasteiger partial charge < -0.3 is 15.0 Å². The molecule has 0 unspecified atom stereocenters. The van der Waals surface area contributed by atoms with Crippen LogP contribution in [0.15, 0.2) is 42.5 Å². The first-order valence-electron chi connectivity index (χ1n) is 10.4. The second-order valence-corrected chi connectivity index (χ2v) is 8.83. The third-order valence-electron chi connectivity index (χ3n) is 5.48. The molecule has 0 aromatic heterocycles. The van der Waals surface area contributed by atoms with Gasteiger partial charge in [0.15, 0.2) is 0 Å². The van der Waals surface area contributed by atoms with E-state index in [0.717, 1.165) is 36.7 Å². The quantitative estimate of drug-likeness (QED) is 0.543. The minimum absolute atomic E-state index is 0.0983. The van der Waals surface area contributed by atoms with E-state index in [1.165, 1.54) is 12.1 Å². The standard InChI is InChI=1S/C22H26N4O4S/c27-22(23-18-3-1-2-17(14-18)16-24-8-12-31-13-9-24)20-15-19(26(28)29)4-5-21(20)25-6-10-30-11-7-25/h1-5,14-15H,6-13,16H2,(H,23,27). The van der Waals surface area contributed by atoms with E-state index in [1.807, 2.05) is 34.9 Å². The molecule has 2 aromatic carbocycles. The Bertz CT molecular complexity index is 943. The van der Waals surface area contributed by atoms with Crippen molar-refractivity contribution in [3.05, 3.63) is 63.7 Å². The molecular weight excluding hydrogens is 416 g/mol. The molecule has 9 heteroatoms. The minimum Gasteiger partial charge on any atom is -0.378 e. The molecule has 2 aromatic rings. The highest BCUT2D eigenvalue weighted by atomic mass is 32.2. The Hall–Kier alpha value is -2.62. The van der Waals surface area contributed by atoms with Crippen molar-refractivity contribution in [1.29, 1.82) is 0 Å². The number of anilines is 2. The van der Waals surface area contributed by atoms with E-state index in [9.17, 15) is 14.9 Å². The number of rotatable bonds is 6. The first-order chi connectivity index (χ1) is 15.1. The first kappa shape index (κ1) is 21.6. The van der Waals surface area contributed by atoms with Crippen molar-refractivity contribution in [2.45, 2.75) is 6.54 Å². The summed E-state index contributed by atoms with van der Waals surface area (Å²) in [5, 5.41) is 14.2. The average molecular weight is 443 g/mol. The van der Waals surface area contributed by atoms with Crippen LogP contribution in [0.2, 0.25) is 0 Å². The number of nitro groups is 1. The van der Waals surface area contributed by atoms with Crippen LogP contribution in [-0.4, -0.2) is 66.6 Å². The highest BCUT2D eigenvalue weighted by Gasteiger charge is 2.22. The Morgan fingerprint density at radius 2 is 1.87 bits per heavy atom. The van der Waals surface area contributed by atoms with Crippen LogP contribution in [0.1, 0.15) is 15.9 Å². The molecule has 0 spiro atoms. The van der Waals surface area contributed by atoms with Gasteiger partial charge in [0, 0.05) is 62.0 Å². The number of ether oxygens (including phenoxy) is 1. The Kier molecular flexibility index (Phi) is 7.06. The smallest absolute Gasteiger partial charge is 0.270 e. The molecule has 31 heavy (non-hydrogen) atoms. The third-order valence-corrected chi connectivity index (χ3v) is 6.42. The molecule has 4 rings (SSSR count). The van der Waals surface area contributed by atoms with E-state index in [0.29, 0.717) is 43.2 Å². The Balaban J connectivity index is 1.54. The summed E-state index contributed by atoms with van der Waals surface area (Å²) in [5.74, 6) is 1.94. The van der Waals surface area contributed by atoms with Crippen LogP contribution in [-0.2, 0) is 11.3 Å². The molecule has 164 valence electrons. The van der Waals surface area contributed by atoms with Crippen molar-refractivity contribution in [3.63, 3.8) is 0 Å². The largest absolute Gasteiger partial charge is 0.378 e. The van der Waals surface area contributed by atoms with E-state index >= 15 is 0 Å². The van der Waals surface area contributed by atoms with Gasteiger partial charge in [0.05, 0.1) is 29.4 Å². The first-order valence-corrected chi connectivity index (χ1v) is 11.6. The summed E-state index contributed by atoms with van der Waals surface area (Å²) in [5.41, 5.74) is 2.72. The van der Waals surface area contributed by atoms with Gasteiger partial charge in [-0.1, -0.05) is 12.1 Å². The molecule has 0 bridgehead atoms. The SMILES string of the molecule is O=C(Nc1cccc(CN2CCSCC2)c1)c1cc([N+](=O)[O-])ccc1N1CCOCC1. The molecule has 8 nitrogen and oxygen atoms in total. The predicted molar refractivity (Wildman–Crippen MR) is 123 cm³/mol. The molecule has 0 saturated carbocycles. The van der Waals surface area contributed by atoms with Gasteiger partial charge >= 0.3 is 0 Å². The number of hydrogen-bond donors (Lipinski definition) is 1. The van der Waals surface area contributed by atoms with Crippen LogP contribution < -0.4 is 10.2 Å². The van der Waals surface area contributed by atoms with Gasteiger partial charge in [0.25, 0.3) is 11.6 Å². The summed E-state index contributed by atoms with van der Waals surface area (Å²) in [6, 6.07) is 12.3. The van der Waals surface area contributed by atoms with Crippen LogP contribution >= 0.6 is 11.8 Å². The predicted octanol–water partition coefficient (Wildman–Crippen LogP) is 3.23. The number of amides is 1. The summed E-state index contributed by atoms with van der Waals surface area (Å²) >= 11 is 1.98. The number of non-ortho nitro benzene ring substituents is 1. The Morgan fingerprint density at radius 1 is 1.10 bits per heavy atom. The maximum absolute atomic E-state index is 13.1. The number of carbonyl (C=O) groups is 1. The third kappa shape index (κ3) is 5.55. The van der Waals surface area contributed by atoms with Crippen molar-refractivity contribution in [1.82, 2.24) is 4.90 Å². The van der Waals surface area contributed by atoms with Gasteiger partial charge in [-0.25, -0.2) is 0 Å². The second-order valence-electron chi connectivity index (χ2n) is 7.60. The molecule has 2 fully saturated rings. The van der Waals surface area contributed by atoms with Crippen molar-refractivity contribution >= 4 is 34.7 Å². The lowest BCUT2D eigenvalue weighted by molar-refractivity contribution is -0.384.